The molecule has 5 nitrogen and oxygen atoms in total. The first kappa shape index (κ1) is 14.4. The van der Waals surface area contributed by atoms with E-state index in [4.69, 9.17) is 5.73 Å². The van der Waals surface area contributed by atoms with Crippen LogP contribution in [0.4, 0.5) is 5.82 Å². The van der Waals surface area contributed by atoms with Crippen LogP contribution in [0, 0.1) is 0 Å². The number of pyridine rings is 1. The van der Waals surface area contributed by atoms with E-state index in [0.717, 1.165) is 24.9 Å². The molecule has 1 atom stereocenters. The van der Waals surface area contributed by atoms with Crippen molar-refractivity contribution in [2.24, 2.45) is 5.73 Å². The lowest BCUT2D eigenvalue weighted by Crippen LogP contribution is -2.35. The Bertz CT molecular complexity index is 376. The van der Waals surface area contributed by atoms with Crippen molar-refractivity contribution in [2.45, 2.75) is 32.8 Å². The van der Waals surface area contributed by atoms with E-state index in [1.807, 2.05) is 11.0 Å². The van der Waals surface area contributed by atoms with Crippen LogP contribution in [-0.4, -0.2) is 29.1 Å². The van der Waals surface area contributed by atoms with E-state index < -0.39 is 6.10 Å². The quantitative estimate of drug-likeness (QED) is 0.763. The topological polar surface area (TPSA) is 79.5 Å². The van der Waals surface area contributed by atoms with Gasteiger partial charge in [-0.15, -0.1) is 0 Å². The number of unbranched alkanes of at least 4 members (excludes halogenated alkanes) is 1. The number of carbonyl (C=O) groups is 1. The maximum atomic E-state index is 11.0. The standard InChI is InChI=1S/C13H21N3O2/c1-3-4-7-16(9-12(14)18)13-6-5-11(8-15-13)10(2)17/h5-6,8,10,17H,3-4,7,9H2,1-2H3,(H2,14,18). The number of carbonyl (C=O) groups excluding carboxylic acids is 1. The maximum absolute atomic E-state index is 11.0. The molecule has 100 valence electrons. The molecule has 1 heterocycles. The molecule has 1 rings (SSSR count). The van der Waals surface area contributed by atoms with Crippen LogP contribution in [0.25, 0.3) is 0 Å². The van der Waals surface area contributed by atoms with Crippen molar-refractivity contribution in [1.82, 2.24) is 4.98 Å². The fourth-order valence-electron chi connectivity index (χ4n) is 1.64. The summed E-state index contributed by atoms with van der Waals surface area (Å²) in [6.45, 7) is 4.70. The van der Waals surface area contributed by atoms with Crippen molar-refractivity contribution < 1.29 is 9.90 Å². The van der Waals surface area contributed by atoms with Gasteiger partial charge >= 0.3 is 0 Å². The zero-order valence-electron chi connectivity index (χ0n) is 11.0. The molecule has 1 unspecified atom stereocenters. The van der Waals surface area contributed by atoms with Gasteiger partial charge in [0, 0.05) is 12.7 Å². The summed E-state index contributed by atoms with van der Waals surface area (Å²) >= 11 is 0. The third-order valence-electron chi connectivity index (χ3n) is 2.71. The van der Waals surface area contributed by atoms with Gasteiger partial charge < -0.3 is 15.7 Å². The Morgan fingerprint density at radius 3 is 2.72 bits per heavy atom. The summed E-state index contributed by atoms with van der Waals surface area (Å²) in [6, 6.07) is 3.62. The number of nitrogens with two attached hydrogens (primary N) is 1. The number of nitrogens with zero attached hydrogens (tertiary/aromatic N) is 2. The van der Waals surface area contributed by atoms with Crippen molar-refractivity contribution in [3.8, 4) is 0 Å². The lowest BCUT2D eigenvalue weighted by atomic mass is 10.2. The Hall–Kier alpha value is -1.62. The summed E-state index contributed by atoms with van der Waals surface area (Å²) < 4.78 is 0. The molecule has 0 aliphatic heterocycles. The van der Waals surface area contributed by atoms with Gasteiger partial charge in [-0.3, -0.25) is 4.79 Å². The second-order valence-electron chi connectivity index (χ2n) is 4.37. The summed E-state index contributed by atoms with van der Waals surface area (Å²) in [6.07, 6.45) is 3.11. The Labute approximate surface area is 108 Å². The van der Waals surface area contributed by atoms with Crippen molar-refractivity contribution in [3.63, 3.8) is 0 Å². The minimum atomic E-state index is -0.535. The third kappa shape index (κ3) is 4.33. The molecular weight excluding hydrogens is 230 g/mol. The van der Waals surface area contributed by atoms with Crippen molar-refractivity contribution in [2.75, 3.05) is 18.0 Å². The van der Waals surface area contributed by atoms with E-state index >= 15 is 0 Å². The zero-order valence-corrected chi connectivity index (χ0v) is 11.0. The summed E-state index contributed by atoms with van der Waals surface area (Å²) in [7, 11) is 0. The monoisotopic (exact) mass is 251 g/mol. The number of amides is 1. The van der Waals surface area contributed by atoms with Gasteiger partial charge in [-0.05, 0) is 25.0 Å². The van der Waals surface area contributed by atoms with Gasteiger partial charge in [0.05, 0.1) is 12.6 Å². The SMILES string of the molecule is CCCCN(CC(N)=O)c1ccc(C(C)O)cn1. The van der Waals surface area contributed by atoms with E-state index in [2.05, 4.69) is 11.9 Å². The minimum Gasteiger partial charge on any atom is -0.389 e. The number of anilines is 1. The van der Waals surface area contributed by atoms with Gasteiger partial charge in [0.15, 0.2) is 0 Å². The Balaban J connectivity index is 2.80. The first-order valence-electron chi connectivity index (χ1n) is 6.21. The van der Waals surface area contributed by atoms with Gasteiger partial charge in [0.25, 0.3) is 0 Å². The molecule has 0 saturated heterocycles. The Morgan fingerprint density at radius 1 is 1.56 bits per heavy atom. The number of primary amides is 1. The average molecular weight is 251 g/mol. The summed E-state index contributed by atoms with van der Waals surface area (Å²) in [5, 5.41) is 9.41. The molecule has 0 spiro atoms. The summed E-state index contributed by atoms with van der Waals surface area (Å²) in [4.78, 5) is 17.2. The van der Waals surface area contributed by atoms with E-state index in [0.29, 0.717) is 5.82 Å². The molecule has 1 aromatic rings. The zero-order chi connectivity index (χ0) is 13.5. The predicted molar refractivity (Wildman–Crippen MR) is 71.2 cm³/mol. The first-order valence-corrected chi connectivity index (χ1v) is 6.21. The van der Waals surface area contributed by atoms with Crippen LogP contribution < -0.4 is 10.6 Å². The average Bonchev–Trinajstić information content (AvgIpc) is 2.34. The van der Waals surface area contributed by atoms with Crippen molar-refractivity contribution in [3.05, 3.63) is 23.9 Å². The number of aromatic nitrogens is 1. The first-order chi connectivity index (χ1) is 8.54. The van der Waals surface area contributed by atoms with Gasteiger partial charge in [-0.2, -0.15) is 0 Å². The molecule has 0 bridgehead atoms. The molecule has 18 heavy (non-hydrogen) atoms. The number of aliphatic hydroxyl groups excluding tert-OH is 1. The number of rotatable bonds is 7. The predicted octanol–water partition coefficient (Wildman–Crippen LogP) is 1.23. The smallest absolute Gasteiger partial charge is 0.236 e. The molecule has 0 fully saturated rings. The number of hydrogen-bond donors (Lipinski definition) is 2. The highest BCUT2D eigenvalue weighted by Gasteiger charge is 2.11. The van der Waals surface area contributed by atoms with Gasteiger partial charge in [-0.25, -0.2) is 4.98 Å². The van der Waals surface area contributed by atoms with Crippen LogP contribution in [0.15, 0.2) is 18.3 Å². The van der Waals surface area contributed by atoms with Crippen LogP contribution in [-0.2, 0) is 4.79 Å². The molecule has 1 amide bonds. The van der Waals surface area contributed by atoms with Crippen LogP contribution in [0.5, 0.6) is 0 Å². The molecule has 0 aliphatic carbocycles. The highest BCUT2D eigenvalue weighted by atomic mass is 16.3. The second-order valence-corrected chi connectivity index (χ2v) is 4.37. The fraction of sp³-hybridized carbons (Fsp3) is 0.538. The molecule has 5 heteroatoms. The van der Waals surface area contributed by atoms with E-state index in [1.54, 1.807) is 19.2 Å². The van der Waals surface area contributed by atoms with E-state index in [9.17, 15) is 9.90 Å². The second kappa shape index (κ2) is 6.96. The van der Waals surface area contributed by atoms with Crippen molar-refractivity contribution in [1.29, 1.82) is 0 Å². The number of aliphatic hydroxyl groups is 1. The highest BCUT2D eigenvalue weighted by Crippen LogP contribution is 2.16. The Kier molecular flexibility index (Phi) is 5.58. The molecular formula is C13H21N3O2. The van der Waals surface area contributed by atoms with Crippen LogP contribution in [0.1, 0.15) is 38.4 Å². The molecule has 0 radical (unpaired) electrons. The number of hydrogen-bond acceptors (Lipinski definition) is 4. The van der Waals surface area contributed by atoms with E-state index in [-0.39, 0.29) is 12.5 Å². The maximum Gasteiger partial charge on any atom is 0.236 e. The molecule has 0 aromatic carbocycles. The molecule has 3 N–H and O–H groups in total. The summed E-state index contributed by atoms with van der Waals surface area (Å²) in [5.41, 5.74) is 5.99. The van der Waals surface area contributed by atoms with Crippen LogP contribution in [0.2, 0.25) is 0 Å². The lowest BCUT2D eigenvalue weighted by molar-refractivity contribution is -0.116. The summed E-state index contributed by atoms with van der Waals surface area (Å²) in [5.74, 6) is 0.346. The van der Waals surface area contributed by atoms with Crippen LogP contribution >= 0.6 is 0 Å². The minimum absolute atomic E-state index is 0.168. The molecule has 1 aromatic heterocycles. The van der Waals surface area contributed by atoms with Crippen LogP contribution in [0.3, 0.4) is 0 Å². The van der Waals surface area contributed by atoms with Gasteiger partial charge in [-0.1, -0.05) is 19.4 Å². The highest BCUT2D eigenvalue weighted by molar-refractivity contribution is 5.79. The van der Waals surface area contributed by atoms with E-state index in [1.165, 1.54) is 0 Å². The van der Waals surface area contributed by atoms with Crippen molar-refractivity contribution >= 4 is 11.7 Å². The lowest BCUT2D eigenvalue weighted by Gasteiger charge is -2.22. The molecule has 0 saturated carbocycles. The normalized spacial score (nSPS) is 12.2. The van der Waals surface area contributed by atoms with Gasteiger partial charge in [0.1, 0.15) is 5.82 Å². The molecule has 0 aliphatic rings. The fourth-order valence-corrected chi connectivity index (χ4v) is 1.64. The largest absolute Gasteiger partial charge is 0.389 e. The van der Waals surface area contributed by atoms with Gasteiger partial charge in [0.2, 0.25) is 5.91 Å². The Morgan fingerprint density at radius 2 is 2.28 bits per heavy atom. The third-order valence-corrected chi connectivity index (χ3v) is 2.71.